The van der Waals surface area contributed by atoms with Gasteiger partial charge in [-0.2, -0.15) is 0 Å². The Balaban J connectivity index is 1.10. The molecule has 1 atom stereocenters. The second-order valence-corrected chi connectivity index (χ2v) is 9.36. The van der Waals surface area contributed by atoms with Crippen molar-refractivity contribution in [2.24, 2.45) is 0 Å². The summed E-state index contributed by atoms with van der Waals surface area (Å²) in [5.74, 6) is 0.708. The molecule has 0 bridgehead atoms. The van der Waals surface area contributed by atoms with Crippen molar-refractivity contribution in [2.45, 2.75) is 51.0 Å². The van der Waals surface area contributed by atoms with E-state index in [2.05, 4.69) is 25.5 Å². The lowest BCUT2D eigenvalue weighted by Gasteiger charge is -2.30. The van der Waals surface area contributed by atoms with Crippen LogP contribution in [0.5, 0.6) is 5.75 Å². The van der Waals surface area contributed by atoms with Crippen LogP contribution in [0.4, 0.5) is 10.2 Å². The fraction of sp³-hybridized carbons (Fsp3) is 0.423. The predicted molar refractivity (Wildman–Crippen MR) is 130 cm³/mol. The maximum Gasteiger partial charge on any atom is 0.251 e. The molecule has 3 heterocycles. The average molecular weight is 496 g/mol. The summed E-state index contributed by atoms with van der Waals surface area (Å²) in [6.45, 7) is 1.83. The normalized spacial score (nSPS) is 16.6. The van der Waals surface area contributed by atoms with Crippen molar-refractivity contribution >= 4 is 11.7 Å². The average Bonchev–Trinajstić information content (AvgIpc) is 3.37. The van der Waals surface area contributed by atoms with Crippen LogP contribution in [0.25, 0.3) is 0 Å². The van der Waals surface area contributed by atoms with E-state index in [0.717, 1.165) is 24.0 Å². The lowest BCUT2D eigenvalue weighted by Crippen LogP contribution is -2.42. The number of aromatic nitrogens is 2. The van der Waals surface area contributed by atoms with Crippen LogP contribution in [0, 0.1) is 5.82 Å². The number of ether oxygens (including phenoxy) is 1. The van der Waals surface area contributed by atoms with Crippen molar-refractivity contribution in [1.82, 2.24) is 20.2 Å². The molecule has 3 N–H and O–H groups in total. The van der Waals surface area contributed by atoms with E-state index in [9.17, 15) is 14.3 Å². The number of pyridine rings is 1. The van der Waals surface area contributed by atoms with Gasteiger partial charge in [0.05, 0.1) is 12.3 Å². The largest absolute Gasteiger partial charge is 0.483 e. The van der Waals surface area contributed by atoms with E-state index in [4.69, 9.17) is 9.15 Å². The molecule has 1 aliphatic carbocycles. The van der Waals surface area contributed by atoms with Crippen LogP contribution in [0.2, 0.25) is 0 Å². The number of aliphatic hydroxyl groups excluding tert-OH is 1. The first-order valence-corrected chi connectivity index (χ1v) is 12.3. The van der Waals surface area contributed by atoms with Crippen molar-refractivity contribution < 1.29 is 23.4 Å². The van der Waals surface area contributed by atoms with Gasteiger partial charge in [0.2, 0.25) is 0 Å². The second-order valence-electron chi connectivity index (χ2n) is 9.36. The number of anilines is 1. The molecule has 1 amide bonds. The molecular formula is C26H30FN5O4. The molecule has 0 spiro atoms. The third-order valence-electron chi connectivity index (χ3n) is 6.65. The number of carbonyl (C=O) groups is 1. The molecule has 1 unspecified atom stereocenters. The Bertz CT molecular complexity index is 1190. The topological polar surface area (TPSA) is 113 Å². The van der Waals surface area contributed by atoms with E-state index >= 15 is 0 Å². The van der Waals surface area contributed by atoms with Gasteiger partial charge in [0.1, 0.15) is 12.4 Å². The molecule has 5 rings (SSSR count). The lowest BCUT2D eigenvalue weighted by atomic mass is 9.93. The molecule has 1 aliphatic heterocycles. The van der Waals surface area contributed by atoms with Gasteiger partial charge >= 0.3 is 0 Å². The zero-order valence-corrected chi connectivity index (χ0v) is 20.0. The SMILES string of the molecule is O=C(NCC(O)CN1CCc2cc(OCc3cnco3)c(F)cc2C1)c1ccnc(NC2CCC2)c1. The summed E-state index contributed by atoms with van der Waals surface area (Å²) < 4.78 is 25.3. The quantitative estimate of drug-likeness (QED) is 0.394. The zero-order chi connectivity index (χ0) is 24.9. The van der Waals surface area contributed by atoms with E-state index in [1.54, 1.807) is 24.4 Å². The van der Waals surface area contributed by atoms with Gasteiger partial charge in [0.25, 0.3) is 5.91 Å². The number of oxazole rings is 1. The Labute approximate surface area is 208 Å². The first-order chi connectivity index (χ1) is 17.5. The Morgan fingerprint density at radius 3 is 2.97 bits per heavy atom. The van der Waals surface area contributed by atoms with Crippen LogP contribution in [-0.4, -0.2) is 57.7 Å². The number of rotatable bonds is 10. The smallest absolute Gasteiger partial charge is 0.251 e. The van der Waals surface area contributed by atoms with Crippen LogP contribution in [0.15, 0.2) is 47.5 Å². The van der Waals surface area contributed by atoms with Crippen molar-refractivity contribution in [3.05, 3.63) is 71.3 Å². The van der Waals surface area contributed by atoms with Crippen molar-refractivity contribution in [3.8, 4) is 5.75 Å². The molecule has 9 nitrogen and oxygen atoms in total. The fourth-order valence-electron chi connectivity index (χ4n) is 4.43. The number of halogens is 1. The number of β-amino-alcohol motifs (C(OH)–C–C–N with tert-alkyl or cyclic N) is 1. The van der Waals surface area contributed by atoms with Crippen LogP contribution < -0.4 is 15.4 Å². The van der Waals surface area contributed by atoms with Crippen LogP contribution in [-0.2, 0) is 19.6 Å². The molecular weight excluding hydrogens is 465 g/mol. The van der Waals surface area contributed by atoms with Crippen molar-refractivity contribution in [3.63, 3.8) is 0 Å². The molecule has 1 fully saturated rings. The first kappa shape index (κ1) is 24.2. The van der Waals surface area contributed by atoms with E-state index in [-0.39, 0.29) is 24.8 Å². The molecule has 190 valence electrons. The molecule has 0 radical (unpaired) electrons. The minimum Gasteiger partial charge on any atom is -0.483 e. The molecule has 10 heteroatoms. The number of nitrogens with one attached hydrogen (secondary N) is 2. The lowest BCUT2D eigenvalue weighted by molar-refractivity contribution is 0.0841. The summed E-state index contributed by atoms with van der Waals surface area (Å²) in [6, 6.07) is 7.05. The number of carbonyl (C=O) groups excluding carboxylic acids is 1. The summed E-state index contributed by atoms with van der Waals surface area (Å²) in [4.78, 5) is 22.7. The van der Waals surface area contributed by atoms with Gasteiger partial charge in [0.15, 0.2) is 23.7 Å². The van der Waals surface area contributed by atoms with E-state index in [0.29, 0.717) is 49.2 Å². The molecule has 36 heavy (non-hydrogen) atoms. The number of amides is 1. The van der Waals surface area contributed by atoms with Crippen LogP contribution >= 0.6 is 0 Å². The monoisotopic (exact) mass is 495 g/mol. The Morgan fingerprint density at radius 1 is 1.31 bits per heavy atom. The predicted octanol–water partition coefficient (Wildman–Crippen LogP) is 2.90. The second kappa shape index (κ2) is 11.0. The first-order valence-electron chi connectivity index (χ1n) is 12.3. The van der Waals surface area contributed by atoms with Gasteiger partial charge in [-0.15, -0.1) is 0 Å². The zero-order valence-electron chi connectivity index (χ0n) is 20.0. The molecule has 1 aromatic carbocycles. The number of hydrogen-bond acceptors (Lipinski definition) is 8. The molecule has 2 aliphatic rings. The molecule has 3 aromatic rings. The fourth-order valence-corrected chi connectivity index (χ4v) is 4.43. The van der Waals surface area contributed by atoms with Gasteiger partial charge in [-0.1, -0.05) is 0 Å². The summed E-state index contributed by atoms with van der Waals surface area (Å²) >= 11 is 0. The maximum absolute atomic E-state index is 14.6. The van der Waals surface area contributed by atoms with Gasteiger partial charge in [-0.3, -0.25) is 9.69 Å². The van der Waals surface area contributed by atoms with E-state index in [1.807, 2.05) is 0 Å². The van der Waals surface area contributed by atoms with Gasteiger partial charge in [-0.25, -0.2) is 14.4 Å². The highest BCUT2D eigenvalue weighted by atomic mass is 19.1. The Morgan fingerprint density at radius 2 is 2.19 bits per heavy atom. The number of hydrogen-bond donors (Lipinski definition) is 3. The Kier molecular flexibility index (Phi) is 7.43. The summed E-state index contributed by atoms with van der Waals surface area (Å²) in [6.07, 6.45) is 7.87. The number of fused-ring (bicyclic) bond motifs is 1. The van der Waals surface area contributed by atoms with Crippen molar-refractivity contribution in [1.29, 1.82) is 0 Å². The standard InChI is InChI=1S/C26H30FN5O4/c27-23-8-19-13-32(7-5-17(19)9-24(23)35-15-22-12-28-16-36-22)14-21(33)11-30-26(34)18-4-6-29-25(10-18)31-20-2-1-3-20/h4,6,8-10,12,16,20-21,33H,1-3,5,7,11,13-15H2,(H,29,31)(H,30,34). The molecule has 1 saturated carbocycles. The summed E-state index contributed by atoms with van der Waals surface area (Å²) in [5.41, 5.74) is 2.39. The van der Waals surface area contributed by atoms with Crippen LogP contribution in [0.3, 0.4) is 0 Å². The van der Waals surface area contributed by atoms with Gasteiger partial charge in [0, 0.05) is 44.0 Å². The van der Waals surface area contributed by atoms with E-state index < -0.39 is 11.9 Å². The molecule has 2 aromatic heterocycles. The number of benzene rings is 1. The van der Waals surface area contributed by atoms with Crippen molar-refractivity contribution in [2.75, 3.05) is 25.0 Å². The van der Waals surface area contributed by atoms with E-state index in [1.165, 1.54) is 25.1 Å². The maximum atomic E-state index is 14.6. The Hall–Kier alpha value is -3.50. The third kappa shape index (κ3) is 6.00. The highest BCUT2D eigenvalue weighted by Gasteiger charge is 2.22. The highest BCUT2D eigenvalue weighted by Crippen LogP contribution is 2.28. The van der Waals surface area contributed by atoms with Gasteiger partial charge < -0.3 is 24.9 Å². The summed E-state index contributed by atoms with van der Waals surface area (Å²) in [7, 11) is 0. The summed E-state index contributed by atoms with van der Waals surface area (Å²) in [5, 5.41) is 16.7. The number of nitrogens with zero attached hydrogens (tertiary/aromatic N) is 3. The van der Waals surface area contributed by atoms with Crippen LogP contribution in [0.1, 0.15) is 46.5 Å². The highest BCUT2D eigenvalue weighted by molar-refractivity contribution is 5.94. The minimum absolute atomic E-state index is 0.109. The molecule has 0 saturated heterocycles. The minimum atomic E-state index is -0.751. The number of aliphatic hydroxyl groups is 1. The third-order valence-corrected chi connectivity index (χ3v) is 6.65. The van der Waals surface area contributed by atoms with Gasteiger partial charge in [-0.05, 0) is 61.1 Å².